The number of unbranched alkanes of at least 4 members (excludes halogenated alkanes) is 1. The molecule has 1 aliphatic rings. The number of nitrogens with zero attached hydrogens (tertiary/aromatic N) is 2. The van der Waals surface area contributed by atoms with Gasteiger partial charge in [-0.1, -0.05) is 36.4 Å². The maximum absolute atomic E-state index is 12.2. The molecule has 0 saturated heterocycles. The van der Waals surface area contributed by atoms with Gasteiger partial charge in [-0.05, 0) is 30.5 Å². The molecule has 1 heterocycles. The van der Waals surface area contributed by atoms with E-state index in [0.29, 0.717) is 30.5 Å². The molecule has 3 rings (SSSR count). The summed E-state index contributed by atoms with van der Waals surface area (Å²) in [4.78, 5) is 36.0. The van der Waals surface area contributed by atoms with Gasteiger partial charge in [-0.2, -0.15) is 0 Å². The number of fused-ring (bicyclic) bond motifs is 1. The van der Waals surface area contributed by atoms with E-state index in [-0.39, 0.29) is 17.5 Å². The van der Waals surface area contributed by atoms with Crippen LogP contribution in [0, 0.1) is 10.1 Å². The first kappa shape index (κ1) is 16.6. The summed E-state index contributed by atoms with van der Waals surface area (Å²) in [5.41, 5.74) is 1.71. The molecule has 25 heavy (non-hydrogen) atoms. The van der Waals surface area contributed by atoms with E-state index < -0.39 is 4.92 Å². The highest BCUT2D eigenvalue weighted by Crippen LogP contribution is 2.22. The number of benzene rings is 2. The fourth-order valence-electron chi connectivity index (χ4n) is 2.77. The van der Waals surface area contributed by atoms with Crippen molar-refractivity contribution in [1.82, 2.24) is 4.90 Å². The maximum atomic E-state index is 12.2. The van der Waals surface area contributed by atoms with E-state index in [2.05, 4.69) is 0 Å². The Hall–Kier alpha value is -3.28. The van der Waals surface area contributed by atoms with Crippen molar-refractivity contribution < 1.29 is 14.5 Å². The fourth-order valence-corrected chi connectivity index (χ4v) is 2.77. The number of allylic oxidation sites excluding steroid dienone is 1. The molecular formula is C19H16N2O4. The molecular weight excluding hydrogens is 320 g/mol. The normalized spacial score (nSPS) is 13.5. The van der Waals surface area contributed by atoms with Gasteiger partial charge in [-0.15, -0.1) is 0 Å². The van der Waals surface area contributed by atoms with Crippen LogP contribution in [0.15, 0.2) is 54.6 Å². The summed E-state index contributed by atoms with van der Waals surface area (Å²) in [6, 6.07) is 13.2. The standard InChI is InChI=1S/C19H16N2O4/c22-18-16-10-3-4-11-17(16)19(23)20(18)12-5-1-2-7-14-8-6-9-15(13-14)21(24)25/h2-4,6-11,13H,1,5,12H2. The smallest absolute Gasteiger partial charge is 0.270 e. The van der Waals surface area contributed by atoms with Crippen LogP contribution in [-0.2, 0) is 0 Å². The molecule has 0 bridgehead atoms. The summed E-state index contributed by atoms with van der Waals surface area (Å²) in [5.74, 6) is -0.494. The highest BCUT2D eigenvalue weighted by molar-refractivity contribution is 6.21. The summed E-state index contributed by atoms with van der Waals surface area (Å²) in [6.45, 7) is 0.353. The van der Waals surface area contributed by atoms with Crippen molar-refractivity contribution in [1.29, 1.82) is 0 Å². The Morgan fingerprint density at radius 3 is 2.32 bits per heavy atom. The van der Waals surface area contributed by atoms with Crippen molar-refractivity contribution in [3.05, 3.63) is 81.4 Å². The van der Waals surface area contributed by atoms with Gasteiger partial charge in [0, 0.05) is 18.7 Å². The number of carbonyl (C=O) groups is 2. The zero-order valence-electron chi connectivity index (χ0n) is 13.4. The summed E-state index contributed by atoms with van der Waals surface area (Å²) < 4.78 is 0. The molecule has 2 amide bonds. The molecule has 1 aliphatic heterocycles. The summed E-state index contributed by atoms with van der Waals surface area (Å²) in [6.07, 6.45) is 4.99. The zero-order chi connectivity index (χ0) is 17.8. The lowest BCUT2D eigenvalue weighted by Gasteiger charge is -2.12. The van der Waals surface area contributed by atoms with E-state index in [1.54, 1.807) is 42.5 Å². The molecule has 0 radical (unpaired) electrons. The molecule has 126 valence electrons. The topological polar surface area (TPSA) is 80.5 Å². The fraction of sp³-hybridized carbons (Fsp3) is 0.158. The van der Waals surface area contributed by atoms with Crippen molar-refractivity contribution in [3.63, 3.8) is 0 Å². The van der Waals surface area contributed by atoms with Gasteiger partial charge in [0.15, 0.2) is 0 Å². The number of imide groups is 1. The number of hydrogen-bond donors (Lipinski definition) is 0. The Labute approximate surface area is 144 Å². The molecule has 0 atom stereocenters. The molecule has 0 fully saturated rings. The number of nitro groups is 1. The SMILES string of the molecule is O=C1c2ccccc2C(=O)N1CCCC=Cc1cccc([N+](=O)[O-])c1. The maximum Gasteiger partial charge on any atom is 0.270 e. The minimum Gasteiger partial charge on any atom is -0.274 e. The van der Waals surface area contributed by atoms with Crippen molar-refractivity contribution in [2.24, 2.45) is 0 Å². The summed E-state index contributed by atoms with van der Waals surface area (Å²) >= 11 is 0. The third kappa shape index (κ3) is 3.47. The molecule has 0 aromatic heterocycles. The first-order chi connectivity index (χ1) is 12.1. The average molecular weight is 336 g/mol. The third-order valence-electron chi connectivity index (χ3n) is 4.02. The van der Waals surface area contributed by atoms with E-state index >= 15 is 0 Å². The molecule has 0 N–H and O–H groups in total. The molecule has 6 heteroatoms. The number of carbonyl (C=O) groups excluding carboxylic acids is 2. The number of nitro benzene ring substituents is 1. The van der Waals surface area contributed by atoms with Crippen molar-refractivity contribution in [3.8, 4) is 0 Å². The predicted molar refractivity (Wildman–Crippen MR) is 93.2 cm³/mol. The Kier molecular flexibility index (Phi) is 4.70. The number of non-ortho nitro benzene ring substituents is 1. The largest absolute Gasteiger partial charge is 0.274 e. The number of rotatable bonds is 6. The van der Waals surface area contributed by atoms with Gasteiger partial charge in [0.05, 0.1) is 16.1 Å². The third-order valence-corrected chi connectivity index (χ3v) is 4.02. The van der Waals surface area contributed by atoms with Gasteiger partial charge in [-0.3, -0.25) is 24.6 Å². The van der Waals surface area contributed by atoms with Crippen molar-refractivity contribution >= 4 is 23.6 Å². The van der Waals surface area contributed by atoms with Gasteiger partial charge in [0.2, 0.25) is 0 Å². The van der Waals surface area contributed by atoms with Crippen molar-refractivity contribution in [2.75, 3.05) is 6.54 Å². The quantitative estimate of drug-likeness (QED) is 0.349. The highest BCUT2D eigenvalue weighted by Gasteiger charge is 2.34. The Bertz CT molecular complexity index is 838. The number of amides is 2. The van der Waals surface area contributed by atoms with Gasteiger partial charge in [0.1, 0.15) is 0 Å². The van der Waals surface area contributed by atoms with Crippen molar-refractivity contribution in [2.45, 2.75) is 12.8 Å². The molecule has 0 unspecified atom stereocenters. The molecule has 6 nitrogen and oxygen atoms in total. The first-order valence-corrected chi connectivity index (χ1v) is 7.94. The van der Waals surface area contributed by atoms with E-state index in [4.69, 9.17) is 0 Å². The van der Waals surface area contributed by atoms with E-state index in [0.717, 1.165) is 5.56 Å². The van der Waals surface area contributed by atoms with Crippen LogP contribution < -0.4 is 0 Å². The minimum atomic E-state index is -0.431. The first-order valence-electron chi connectivity index (χ1n) is 7.94. The predicted octanol–water partition coefficient (Wildman–Crippen LogP) is 3.68. The average Bonchev–Trinajstić information content (AvgIpc) is 2.87. The van der Waals surface area contributed by atoms with Crippen LogP contribution in [0.5, 0.6) is 0 Å². The van der Waals surface area contributed by atoms with Crippen LogP contribution in [0.2, 0.25) is 0 Å². The lowest BCUT2D eigenvalue weighted by Crippen LogP contribution is -2.30. The highest BCUT2D eigenvalue weighted by atomic mass is 16.6. The Morgan fingerprint density at radius 2 is 1.68 bits per heavy atom. The van der Waals surface area contributed by atoms with Crippen LogP contribution in [0.3, 0.4) is 0 Å². The summed E-state index contributed by atoms with van der Waals surface area (Å²) in [7, 11) is 0. The second-order valence-electron chi connectivity index (χ2n) is 5.70. The van der Waals surface area contributed by atoms with Crippen LogP contribution in [-0.4, -0.2) is 28.2 Å². The molecule has 2 aromatic rings. The second-order valence-corrected chi connectivity index (χ2v) is 5.70. The monoisotopic (exact) mass is 336 g/mol. The van der Waals surface area contributed by atoms with Gasteiger partial charge in [0.25, 0.3) is 17.5 Å². The van der Waals surface area contributed by atoms with Crippen LogP contribution >= 0.6 is 0 Å². The number of hydrogen-bond acceptors (Lipinski definition) is 4. The molecule has 2 aromatic carbocycles. The molecule has 0 saturated carbocycles. The Balaban J connectivity index is 1.54. The second kappa shape index (κ2) is 7.09. The summed E-state index contributed by atoms with van der Waals surface area (Å²) in [5, 5.41) is 10.7. The van der Waals surface area contributed by atoms with E-state index in [1.807, 2.05) is 6.08 Å². The molecule has 0 spiro atoms. The lowest BCUT2D eigenvalue weighted by atomic mass is 10.1. The lowest BCUT2D eigenvalue weighted by molar-refractivity contribution is -0.384. The van der Waals surface area contributed by atoms with Gasteiger partial charge in [-0.25, -0.2) is 0 Å². The van der Waals surface area contributed by atoms with Crippen LogP contribution in [0.4, 0.5) is 5.69 Å². The minimum absolute atomic E-state index is 0.0492. The van der Waals surface area contributed by atoms with Crippen LogP contribution in [0.1, 0.15) is 39.1 Å². The molecule has 0 aliphatic carbocycles. The zero-order valence-corrected chi connectivity index (χ0v) is 13.4. The van der Waals surface area contributed by atoms with Crippen LogP contribution in [0.25, 0.3) is 6.08 Å². The van der Waals surface area contributed by atoms with E-state index in [1.165, 1.54) is 17.0 Å². The van der Waals surface area contributed by atoms with Gasteiger partial charge >= 0.3 is 0 Å². The van der Waals surface area contributed by atoms with Gasteiger partial charge < -0.3 is 0 Å². The van der Waals surface area contributed by atoms with E-state index in [9.17, 15) is 19.7 Å². The Morgan fingerprint density at radius 1 is 1.00 bits per heavy atom.